The molecule has 238 valence electrons. The van der Waals surface area contributed by atoms with E-state index in [4.69, 9.17) is 16.4 Å². The van der Waals surface area contributed by atoms with Crippen LogP contribution in [0.1, 0.15) is 71.8 Å². The number of hydrogen-bond acceptors (Lipinski definition) is 7. The Labute approximate surface area is 262 Å². The summed E-state index contributed by atoms with van der Waals surface area (Å²) in [6, 6.07) is 4.28. The Morgan fingerprint density at radius 1 is 1.14 bits per heavy atom. The van der Waals surface area contributed by atoms with Crippen molar-refractivity contribution in [1.82, 2.24) is 20.9 Å². The van der Waals surface area contributed by atoms with E-state index in [1.807, 2.05) is 39.8 Å². The van der Waals surface area contributed by atoms with Gasteiger partial charge in [0.2, 0.25) is 23.5 Å². The van der Waals surface area contributed by atoms with E-state index in [1.165, 1.54) is 11.9 Å². The maximum Gasteiger partial charge on any atom is 0.289 e. The first kappa shape index (κ1) is 31.9. The average Bonchev–Trinajstić information content (AvgIpc) is 3.86. The summed E-state index contributed by atoms with van der Waals surface area (Å²) in [5, 5.41) is 13.0. The van der Waals surface area contributed by atoms with Gasteiger partial charge in [-0.3, -0.25) is 24.0 Å². The van der Waals surface area contributed by atoms with Crippen LogP contribution in [0.15, 0.2) is 29.4 Å². The van der Waals surface area contributed by atoms with Gasteiger partial charge in [-0.05, 0) is 42.2 Å². The number of benzene rings is 1. The Bertz CT molecular complexity index is 1390. The standard InChI is InChI=1S/C32H42ClN5O6/c1-17-11-21(17)27(40)36-26(31(2,3)4)30(43)38-16-32(14-23(37-44-32)19-7-6-8-20(33)13-19)15-24(38)28(41)35-22(12-18-9-10-18)25(39)29(42)34-5/h6-8,13,17-18,21-22,24,26H,9-12,14-16H2,1-5H3,(H,34,42)(H,35,41)(H,36,40)/t17-,21-,22-,24-,26+,32+/m0/s1. The number of carbonyl (C=O) groups excluding carboxylic acids is 5. The average molecular weight is 628 g/mol. The van der Waals surface area contributed by atoms with Crippen LogP contribution in [-0.4, -0.2) is 77.3 Å². The van der Waals surface area contributed by atoms with Crippen LogP contribution in [0.2, 0.25) is 5.02 Å². The predicted molar refractivity (Wildman–Crippen MR) is 164 cm³/mol. The van der Waals surface area contributed by atoms with Gasteiger partial charge in [0.1, 0.15) is 12.1 Å². The molecule has 2 aliphatic carbocycles. The molecule has 3 fully saturated rings. The van der Waals surface area contributed by atoms with Gasteiger partial charge in [-0.15, -0.1) is 0 Å². The van der Waals surface area contributed by atoms with Crippen LogP contribution >= 0.6 is 11.6 Å². The third-order valence-corrected chi connectivity index (χ3v) is 9.41. The zero-order chi connectivity index (χ0) is 32.0. The summed E-state index contributed by atoms with van der Waals surface area (Å²) in [7, 11) is 1.37. The van der Waals surface area contributed by atoms with Crippen LogP contribution in [0.4, 0.5) is 0 Å². The van der Waals surface area contributed by atoms with Gasteiger partial charge in [-0.1, -0.05) is 69.4 Å². The van der Waals surface area contributed by atoms with Crippen LogP contribution in [0.3, 0.4) is 0 Å². The van der Waals surface area contributed by atoms with Crippen molar-refractivity contribution in [2.24, 2.45) is 28.3 Å². The molecule has 11 nitrogen and oxygen atoms in total. The normalized spacial score (nSPS) is 27.2. The highest BCUT2D eigenvalue weighted by Crippen LogP contribution is 2.41. The second kappa shape index (κ2) is 12.1. The first-order valence-electron chi connectivity index (χ1n) is 15.4. The molecule has 6 atom stereocenters. The minimum absolute atomic E-state index is 0.0520. The lowest BCUT2D eigenvalue weighted by Gasteiger charge is -2.35. The van der Waals surface area contributed by atoms with Crippen molar-refractivity contribution in [1.29, 1.82) is 0 Å². The Kier molecular flexibility index (Phi) is 8.81. The van der Waals surface area contributed by atoms with Gasteiger partial charge in [0.15, 0.2) is 5.60 Å². The topological polar surface area (TPSA) is 146 Å². The van der Waals surface area contributed by atoms with Crippen molar-refractivity contribution in [3.8, 4) is 0 Å². The molecular formula is C32H42ClN5O6. The molecule has 4 aliphatic rings. The zero-order valence-corrected chi connectivity index (χ0v) is 26.7. The second-order valence-electron chi connectivity index (χ2n) is 14.0. The molecule has 1 aromatic carbocycles. The van der Waals surface area contributed by atoms with Crippen LogP contribution < -0.4 is 16.0 Å². The van der Waals surface area contributed by atoms with Gasteiger partial charge >= 0.3 is 0 Å². The van der Waals surface area contributed by atoms with Gasteiger partial charge in [-0.25, -0.2) is 0 Å². The molecule has 2 heterocycles. The zero-order valence-electron chi connectivity index (χ0n) is 25.9. The number of nitrogens with zero attached hydrogens (tertiary/aromatic N) is 2. The largest absolute Gasteiger partial charge is 0.387 e. The summed E-state index contributed by atoms with van der Waals surface area (Å²) in [4.78, 5) is 74.0. The molecule has 1 spiro atoms. The molecule has 0 radical (unpaired) electrons. The van der Waals surface area contributed by atoms with Crippen molar-refractivity contribution >= 4 is 46.7 Å². The van der Waals surface area contributed by atoms with E-state index in [0.717, 1.165) is 24.8 Å². The van der Waals surface area contributed by atoms with Gasteiger partial charge < -0.3 is 25.7 Å². The smallest absolute Gasteiger partial charge is 0.289 e. The number of hydrogen-bond donors (Lipinski definition) is 3. The van der Waals surface area contributed by atoms with Crippen LogP contribution in [0.25, 0.3) is 0 Å². The Hall–Kier alpha value is -3.47. The number of amides is 4. The third kappa shape index (κ3) is 6.92. The fourth-order valence-electron chi connectivity index (χ4n) is 6.17. The number of Topliss-reactive ketones (excluding diaryl/α,β-unsaturated/α-hetero) is 1. The van der Waals surface area contributed by atoms with Crippen molar-refractivity contribution in [3.63, 3.8) is 0 Å². The molecule has 3 N–H and O–H groups in total. The van der Waals surface area contributed by atoms with Gasteiger partial charge in [-0.2, -0.15) is 0 Å². The SMILES string of the molecule is CNC(=O)C(=O)[C@H](CC1CC1)NC(=O)[C@@H]1C[C@]2(CC(c3cccc(Cl)c3)=NO2)CN1C(=O)[C@@H](NC(=O)[C@H]1C[C@@H]1C)C(C)(C)C. The number of carbonyl (C=O) groups is 5. The van der Waals surface area contributed by atoms with Crippen LogP contribution in [0.5, 0.6) is 0 Å². The van der Waals surface area contributed by atoms with Gasteiger partial charge in [0, 0.05) is 36.4 Å². The van der Waals surface area contributed by atoms with E-state index < -0.39 is 52.6 Å². The molecule has 1 aromatic rings. The molecule has 2 saturated carbocycles. The number of likely N-dealkylation sites (tertiary alicyclic amines) is 1. The quantitative estimate of drug-likeness (QED) is 0.340. The molecule has 4 amide bonds. The summed E-state index contributed by atoms with van der Waals surface area (Å²) in [5.74, 6) is -2.27. The number of halogens is 1. The predicted octanol–water partition coefficient (Wildman–Crippen LogP) is 2.59. The van der Waals surface area contributed by atoms with Crippen molar-refractivity contribution in [2.45, 2.75) is 89.9 Å². The van der Waals surface area contributed by atoms with E-state index in [-0.39, 0.29) is 36.6 Å². The molecule has 44 heavy (non-hydrogen) atoms. The third-order valence-electron chi connectivity index (χ3n) is 9.18. The van der Waals surface area contributed by atoms with Gasteiger partial charge in [0.25, 0.3) is 5.91 Å². The number of likely N-dealkylation sites (N-methyl/N-ethyl adjacent to an activating group) is 1. The van der Waals surface area contributed by atoms with E-state index >= 15 is 0 Å². The summed E-state index contributed by atoms with van der Waals surface area (Å²) < 4.78 is 0. The van der Waals surface area contributed by atoms with E-state index in [2.05, 4.69) is 21.1 Å². The second-order valence-corrected chi connectivity index (χ2v) is 14.4. The van der Waals surface area contributed by atoms with Gasteiger partial charge in [0.05, 0.1) is 18.3 Å². The Morgan fingerprint density at radius 2 is 1.84 bits per heavy atom. The molecular weight excluding hydrogens is 586 g/mol. The number of nitrogens with one attached hydrogen (secondary N) is 3. The lowest BCUT2D eigenvalue weighted by atomic mass is 9.85. The number of rotatable bonds is 10. The highest BCUT2D eigenvalue weighted by Gasteiger charge is 2.56. The minimum Gasteiger partial charge on any atom is -0.387 e. The first-order chi connectivity index (χ1) is 20.7. The van der Waals surface area contributed by atoms with Crippen LogP contribution in [-0.2, 0) is 28.8 Å². The molecule has 0 bridgehead atoms. The van der Waals surface area contributed by atoms with Crippen molar-refractivity contribution in [3.05, 3.63) is 34.9 Å². The molecule has 0 unspecified atom stereocenters. The minimum atomic E-state index is -1.02. The molecule has 12 heteroatoms. The highest BCUT2D eigenvalue weighted by molar-refractivity contribution is 6.38. The fourth-order valence-corrected chi connectivity index (χ4v) is 6.36. The summed E-state index contributed by atoms with van der Waals surface area (Å²) in [6.07, 6.45) is 3.42. The monoisotopic (exact) mass is 627 g/mol. The van der Waals surface area contributed by atoms with Crippen LogP contribution in [0, 0.1) is 23.2 Å². The Balaban J connectivity index is 1.42. The molecule has 1 saturated heterocycles. The van der Waals surface area contributed by atoms with E-state index in [1.54, 1.807) is 12.1 Å². The molecule has 5 rings (SSSR count). The molecule has 0 aromatic heterocycles. The molecule has 2 aliphatic heterocycles. The lowest BCUT2D eigenvalue weighted by Crippen LogP contribution is -2.59. The number of oxime groups is 1. The van der Waals surface area contributed by atoms with E-state index in [9.17, 15) is 24.0 Å². The maximum absolute atomic E-state index is 14.4. The van der Waals surface area contributed by atoms with Crippen molar-refractivity contribution in [2.75, 3.05) is 13.6 Å². The first-order valence-corrected chi connectivity index (χ1v) is 15.8. The maximum atomic E-state index is 14.4. The summed E-state index contributed by atoms with van der Waals surface area (Å²) in [5.41, 5.74) is -0.238. The van der Waals surface area contributed by atoms with Crippen molar-refractivity contribution < 1.29 is 28.8 Å². The lowest BCUT2D eigenvalue weighted by molar-refractivity contribution is -0.145. The highest BCUT2D eigenvalue weighted by atomic mass is 35.5. The Morgan fingerprint density at radius 3 is 2.43 bits per heavy atom. The van der Waals surface area contributed by atoms with E-state index in [0.29, 0.717) is 23.6 Å². The summed E-state index contributed by atoms with van der Waals surface area (Å²) in [6.45, 7) is 7.65. The fraction of sp³-hybridized carbons (Fsp3) is 0.625. The number of ketones is 1. The summed E-state index contributed by atoms with van der Waals surface area (Å²) >= 11 is 6.21.